The summed E-state index contributed by atoms with van der Waals surface area (Å²) < 4.78 is 1.98. The number of rotatable bonds is 1. The molecule has 1 aromatic heterocycles. The zero-order chi connectivity index (χ0) is 11.8. The first kappa shape index (κ1) is 10.8. The van der Waals surface area contributed by atoms with E-state index in [1.807, 2.05) is 30.3 Å². The van der Waals surface area contributed by atoms with Crippen molar-refractivity contribution in [3.63, 3.8) is 0 Å². The largest absolute Gasteiger partial charge is 0.506 e. The molecule has 0 bridgehead atoms. The Labute approximate surface area is 111 Å². The van der Waals surface area contributed by atoms with Crippen LogP contribution in [0.15, 0.2) is 53.0 Å². The van der Waals surface area contributed by atoms with Gasteiger partial charge in [-0.3, -0.25) is 0 Å². The average Bonchev–Trinajstić information content (AvgIpc) is 2.70. The summed E-state index contributed by atoms with van der Waals surface area (Å²) in [6.07, 6.45) is 0. The lowest BCUT2D eigenvalue weighted by Gasteiger charge is -1.97. The molecule has 84 valence electrons. The van der Waals surface area contributed by atoms with Crippen molar-refractivity contribution in [1.29, 1.82) is 0 Å². The first-order valence-electron chi connectivity index (χ1n) is 5.23. The molecule has 1 heterocycles. The Balaban J connectivity index is 2.32. The zero-order valence-corrected chi connectivity index (χ0v) is 11.3. The second kappa shape index (κ2) is 4.17. The third-order valence-corrected chi connectivity index (χ3v) is 5.03. The maximum absolute atomic E-state index is 9.85. The van der Waals surface area contributed by atoms with Crippen molar-refractivity contribution in [2.24, 2.45) is 0 Å². The van der Waals surface area contributed by atoms with Gasteiger partial charge in [0.15, 0.2) is 0 Å². The van der Waals surface area contributed by atoms with E-state index in [9.17, 15) is 5.11 Å². The minimum absolute atomic E-state index is 0.343. The molecule has 0 unspecified atom stereocenters. The second-order valence-electron chi connectivity index (χ2n) is 3.77. The third kappa shape index (κ3) is 1.75. The molecule has 2 aromatic carbocycles. The number of aromatic hydroxyl groups is 1. The summed E-state index contributed by atoms with van der Waals surface area (Å²) >= 11 is 5.23. The van der Waals surface area contributed by atoms with Gasteiger partial charge in [-0.15, -0.1) is 11.3 Å². The van der Waals surface area contributed by atoms with Crippen LogP contribution in [0, 0.1) is 0 Å². The molecule has 1 N–H and O–H groups in total. The predicted octanol–water partition coefficient (Wildman–Crippen LogP) is 5.04. The minimum atomic E-state index is 0.343. The first-order chi connectivity index (χ1) is 8.27. The van der Waals surface area contributed by atoms with Crippen LogP contribution in [-0.2, 0) is 0 Å². The quantitative estimate of drug-likeness (QED) is 0.668. The summed E-state index contributed by atoms with van der Waals surface area (Å²) in [5.41, 5.74) is 1.17. The summed E-state index contributed by atoms with van der Waals surface area (Å²) in [6.45, 7) is 0. The van der Waals surface area contributed by atoms with Crippen LogP contribution in [0.4, 0.5) is 0 Å². The Kier molecular flexibility index (Phi) is 2.65. The number of phenolic OH excluding ortho intramolecular Hbond substituents is 1. The van der Waals surface area contributed by atoms with E-state index in [0.29, 0.717) is 5.75 Å². The number of phenols is 1. The monoisotopic (exact) mass is 304 g/mol. The summed E-state index contributed by atoms with van der Waals surface area (Å²) in [5.74, 6) is 0.343. The van der Waals surface area contributed by atoms with Gasteiger partial charge in [-0.05, 0) is 27.6 Å². The molecule has 0 radical (unpaired) electrons. The Bertz CT molecular complexity index is 673. The molecular formula is C14H9BrOS. The van der Waals surface area contributed by atoms with Gasteiger partial charge in [0.25, 0.3) is 0 Å². The summed E-state index contributed by atoms with van der Waals surface area (Å²) in [7, 11) is 0. The predicted molar refractivity (Wildman–Crippen MR) is 76.6 cm³/mol. The van der Waals surface area contributed by atoms with Gasteiger partial charge in [0, 0.05) is 14.7 Å². The van der Waals surface area contributed by atoms with Crippen molar-refractivity contribution in [3.05, 3.63) is 53.0 Å². The lowest BCUT2D eigenvalue weighted by atomic mass is 10.1. The van der Waals surface area contributed by atoms with Gasteiger partial charge in [-0.1, -0.05) is 42.5 Å². The maximum Gasteiger partial charge on any atom is 0.133 e. The highest BCUT2D eigenvalue weighted by Crippen LogP contribution is 2.44. The molecule has 0 aliphatic heterocycles. The highest BCUT2D eigenvalue weighted by atomic mass is 79.9. The number of fused-ring (bicyclic) bond motifs is 1. The van der Waals surface area contributed by atoms with Crippen LogP contribution in [0.2, 0.25) is 0 Å². The van der Waals surface area contributed by atoms with E-state index in [1.54, 1.807) is 17.4 Å². The smallest absolute Gasteiger partial charge is 0.133 e. The number of hydrogen-bond donors (Lipinski definition) is 1. The summed E-state index contributed by atoms with van der Waals surface area (Å²) in [5, 5.41) is 10.9. The Morgan fingerprint density at radius 1 is 0.941 bits per heavy atom. The Morgan fingerprint density at radius 3 is 2.41 bits per heavy atom. The highest BCUT2D eigenvalue weighted by molar-refractivity contribution is 9.10. The number of halogens is 1. The van der Waals surface area contributed by atoms with Gasteiger partial charge in [0.05, 0.1) is 4.70 Å². The SMILES string of the molecule is Oc1cccc2c(Br)c(-c3ccccc3)sc12. The van der Waals surface area contributed by atoms with E-state index in [0.717, 1.165) is 19.4 Å². The number of thiophene rings is 1. The lowest BCUT2D eigenvalue weighted by molar-refractivity contribution is 0.482. The maximum atomic E-state index is 9.85. The molecule has 0 aliphatic carbocycles. The van der Waals surface area contributed by atoms with Crippen molar-refractivity contribution in [1.82, 2.24) is 0 Å². The standard InChI is InChI=1S/C14H9BrOS/c15-12-10-7-4-8-11(16)14(10)17-13(12)9-5-2-1-3-6-9/h1-8,16H. The fourth-order valence-electron chi connectivity index (χ4n) is 1.85. The molecule has 3 aromatic rings. The lowest BCUT2D eigenvalue weighted by Crippen LogP contribution is -1.71. The van der Waals surface area contributed by atoms with Crippen LogP contribution in [0.5, 0.6) is 5.75 Å². The third-order valence-electron chi connectivity index (χ3n) is 2.67. The summed E-state index contributed by atoms with van der Waals surface area (Å²) in [6, 6.07) is 15.8. The van der Waals surface area contributed by atoms with E-state index in [-0.39, 0.29) is 0 Å². The molecule has 0 amide bonds. The Hall–Kier alpha value is -1.32. The molecule has 0 spiro atoms. The second-order valence-corrected chi connectivity index (χ2v) is 5.58. The normalized spacial score (nSPS) is 10.9. The molecule has 0 aliphatic rings. The van der Waals surface area contributed by atoms with E-state index in [2.05, 4.69) is 28.1 Å². The zero-order valence-electron chi connectivity index (χ0n) is 8.85. The number of hydrogen-bond acceptors (Lipinski definition) is 2. The molecule has 17 heavy (non-hydrogen) atoms. The molecule has 3 rings (SSSR count). The molecule has 0 fully saturated rings. The van der Waals surface area contributed by atoms with E-state index < -0.39 is 0 Å². The molecule has 1 nitrogen and oxygen atoms in total. The van der Waals surface area contributed by atoms with Crippen LogP contribution < -0.4 is 0 Å². The average molecular weight is 305 g/mol. The van der Waals surface area contributed by atoms with Gasteiger partial charge in [-0.2, -0.15) is 0 Å². The van der Waals surface area contributed by atoms with Gasteiger partial charge in [0.2, 0.25) is 0 Å². The molecule has 3 heteroatoms. The summed E-state index contributed by atoms with van der Waals surface area (Å²) in [4.78, 5) is 1.15. The molecule has 0 atom stereocenters. The van der Waals surface area contributed by atoms with Crippen LogP contribution in [0.3, 0.4) is 0 Å². The topological polar surface area (TPSA) is 20.2 Å². The number of benzene rings is 2. The fraction of sp³-hybridized carbons (Fsp3) is 0. The van der Waals surface area contributed by atoms with Crippen molar-refractivity contribution in [2.75, 3.05) is 0 Å². The van der Waals surface area contributed by atoms with E-state index >= 15 is 0 Å². The van der Waals surface area contributed by atoms with Crippen LogP contribution in [0.25, 0.3) is 20.5 Å². The van der Waals surface area contributed by atoms with Crippen molar-refractivity contribution in [2.45, 2.75) is 0 Å². The van der Waals surface area contributed by atoms with Crippen molar-refractivity contribution >= 4 is 37.4 Å². The van der Waals surface area contributed by atoms with E-state index in [1.165, 1.54) is 5.56 Å². The minimum Gasteiger partial charge on any atom is -0.506 e. The molecular weight excluding hydrogens is 296 g/mol. The van der Waals surface area contributed by atoms with Crippen molar-refractivity contribution in [3.8, 4) is 16.2 Å². The van der Waals surface area contributed by atoms with Gasteiger partial charge in [0.1, 0.15) is 5.75 Å². The Morgan fingerprint density at radius 2 is 1.71 bits per heavy atom. The van der Waals surface area contributed by atoms with Crippen molar-refractivity contribution < 1.29 is 5.11 Å². The molecule has 0 saturated heterocycles. The van der Waals surface area contributed by atoms with Gasteiger partial charge < -0.3 is 5.11 Å². The van der Waals surface area contributed by atoms with Crippen LogP contribution >= 0.6 is 27.3 Å². The van der Waals surface area contributed by atoms with Crippen LogP contribution in [0.1, 0.15) is 0 Å². The fourth-order valence-corrected chi connectivity index (χ4v) is 3.89. The van der Waals surface area contributed by atoms with Gasteiger partial charge in [-0.25, -0.2) is 0 Å². The highest BCUT2D eigenvalue weighted by Gasteiger charge is 2.13. The van der Waals surface area contributed by atoms with Gasteiger partial charge >= 0.3 is 0 Å². The van der Waals surface area contributed by atoms with E-state index in [4.69, 9.17) is 0 Å². The first-order valence-corrected chi connectivity index (χ1v) is 6.84. The molecule has 0 saturated carbocycles. The van der Waals surface area contributed by atoms with Crippen LogP contribution in [-0.4, -0.2) is 5.11 Å².